The van der Waals surface area contributed by atoms with Gasteiger partial charge in [-0.25, -0.2) is 8.42 Å². The highest BCUT2D eigenvalue weighted by atomic mass is 32.2. The molecule has 0 saturated carbocycles. The molecule has 1 aromatic carbocycles. The molecule has 1 aliphatic heterocycles. The molecule has 1 fully saturated rings. The van der Waals surface area contributed by atoms with Crippen molar-refractivity contribution in [2.24, 2.45) is 5.92 Å². The minimum atomic E-state index is -2.92. The van der Waals surface area contributed by atoms with E-state index in [-0.39, 0.29) is 29.4 Å². The molecule has 0 aliphatic carbocycles. The van der Waals surface area contributed by atoms with E-state index in [1.807, 2.05) is 18.2 Å². The number of carbonyl (C=O) groups is 1. The van der Waals surface area contributed by atoms with Crippen LogP contribution in [0.3, 0.4) is 0 Å². The topological polar surface area (TPSA) is 66.5 Å². The van der Waals surface area contributed by atoms with Crippen LogP contribution in [-0.2, 0) is 14.6 Å². The Hall–Kier alpha value is -1.40. The predicted octanol–water partition coefficient (Wildman–Crippen LogP) is 2.01. The zero-order valence-corrected chi connectivity index (χ0v) is 15.4. The van der Waals surface area contributed by atoms with Gasteiger partial charge in [0.2, 0.25) is 5.91 Å². The van der Waals surface area contributed by atoms with Crippen molar-refractivity contribution in [2.75, 3.05) is 31.1 Å². The first-order chi connectivity index (χ1) is 11.4. The van der Waals surface area contributed by atoms with E-state index >= 15 is 0 Å². The van der Waals surface area contributed by atoms with Crippen molar-refractivity contribution >= 4 is 15.7 Å². The summed E-state index contributed by atoms with van der Waals surface area (Å²) in [6.07, 6.45) is 0.910. The monoisotopic (exact) mass is 352 g/mol. The maximum Gasteiger partial charge on any atom is 0.220 e. The van der Waals surface area contributed by atoms with Gasteiger partial charge in [0, 0.05) is 13.0 Å². The summed E-state index contributed by atoms with van der Waals surface area (Å²) in [5, 5.41) is 3.01. The van der Waals surface area contributed by atoms with Crippen LogP contribution in [0.15, 0.2) is 30.3 Å². The van der Waals surface area contributed by atoms with E-state index in [9.17, 15) is 13.2 Å². The number of nitrogens with zero attached hydrogens (tertiary/aromatic N) is 1. The highest BCUT2D eigenvalue weighted by molar-refractivity contribution is 7.91. The average Bonchev–Trinajstić information content (AvgIpc) is 2.90. The number of nitrogens with one attached hydrogen (secondary N) is 1. The van der Waals surface area contributed by atoms with Crippen molar-refractivity contribution in [2.45, 2.75) is 32.7 Å². The molecule has 1 amide bonds. The largest absolute Gasteiger partial charge is 0.354 e. The van der Waals surface area contributed by atoms with E-state index in [2.05, 4.69) is 36.2 Å². The number of likely N-dealkylation sites (N-methyl/N-ethyl adjacent to an activating group) is 1. The highest BCUT2D eigenvalue weighted by Gasteiger charge is 2.29. The number of sulfone groups is 1. The van der Waals surface area contributed by atoms with E-state index in [0.29, 0.717) is 19.4 Å². The van der Waals surface area contributed by atoms with Crippen LogP contribution in [0.1, 0.15) is 38.3 Å². The Morgan fingerprint density at radius 1 is 1.25 bits per heavy atom. The van der Waals surface area contributed by atoms with Gasteiger partial charge in [-0.05, 0) is 31.0 Å². The minimum absolute atomic E-state index is 0.0290. The Kier molecular flexibility index (Phi) is 6.80. The third-order valence-electron chi connectivity index (χ3n) is 4.73. The maximum atomic E-state index is 12.2. The molecule has 24 heavy (non-hydrogen) atoms. The first-order valence-electron chi connectivity index (χ1n) is 8.71. The van der Waals surface area contributed by atoms with E-state index in [1.54, 1.807) is 0 Å². The van der Waals surface area contributed by atoms with Crippen LogP contribution < -0.4 is 5.32 Å². The molecule has 1 aromatic rings. The van der Waals surface area contributed by atoms with Gasteiger partial charge in [-0.2, -0.15) is 0 Å². The molecule has 134 valence electrons. The number of hydrogen-bond donors (Lipinski definition) is 1. The maximum absolute atomic E-state index is 12.2. The molecule has 2 unspecified atom stereocenters. The van der Waals surface area contributed by atoms with E-state index in [4.69, 9.17) is 0 Å². The van der Waals surface area contributed by atoms with Crippen LogP contribution in [0.25, 0.3) is 0 Å². The van der Waals surface area contributed by atoms with Crippen LogP contribution in [-0.4, -0.2) is 50.4 Å². The van der Waals surface area contributed by atoms with Gasteiger partial charge >= 0.3 is 0 Å². The molecule has 1 N–H and O–H groups in total. The van der Waals surface area contributed by atoms with Crippen molar-refractivity contribution in [3.05, 3.63) is 35.9 Å². The van der Waals surface area contributed by atoms with Gasteiger partial charge in [-0.15, -0.1) is 0 Å². The van der Waals surface area contributed by atoms with E-state index < -0.39 is 9.84 Å². The van der Waals surface area contributed by atoms with Crippen LogP contribution in [0.5, 0.6) is 0 Å². The number of rotatable bonds is 8. The van der Waals surface area contributed by atoms with Gasteiger partial charge in [0.05, 0.1) is 17.5 Å². The standard InChI is InChI=1S/C18H28N2O3S/c1-3-20(4-2)17(16-8-6-5-7-9-16)13-19-18(21)12-15-10-11-24(22,23)14-15/h5-9,15,17H,3-4,10-14H2,1-2H3,(H,19,21). The first kappa shape index (κ1) is 18.9. The zero-order valence-electron chi connectivity index (χ0n) is 14.6. The second kappa shape index (κ2) is 8.62. The van der Waals surface area contributed by atoms with Gasteiger partial charge in [0.1, 0.15) is 0 Å². The summed E-state index contributed by atoms with van der Waals surface area (Å²) in [4.78, 5) is 14.5. The van der Waals surface area contributed by atoms with Crippen LogP contribution >= 0.6 is 0 Å². The number of carbonyl (C=O) groups excluding carboxylic acids is 1. The number of amides is 1. The Morgan fingerprint density at radius 2 is 1.92 bits per heavy atom. The Labute approximate surface area is 145 Å². The van der Waals surface area contributed by atoms with Crippen LogP contribution in [0.4, 0.5) is 0 Å². The summed E-state index contributed by atoms with van der Waals surface area (Å²) >= 11 is 0. The Morgan fingerprint density at radius 3 is 2.46 bits per heavy atom. The second-order valence-electron chi connectivity index (χ2n) is 6.42. The molecular weight excluding hydrogens is 324 g/mol. The summed E-state index contributed by atoms with van der Waals surface area (Å²) in [5.74, 6) is 0.291. The lowest BCUT2D eigenvalue weighted by Gasteiger charge is -2.30. The normalized spacial score (nSPS) is 20.9. The highest BCUT2D eigenvalue weighted by Crippen LogP contribution is 2.22. The fourth-order valence-corrected chi connectivity index (χ4v) is 5.24. The molecule has 2 rings (SSSR count). The summed E-state index contributed by atoms with van der Waals surface area (Å²) in [6.45, 7) is 6.60. The third kappa shape index (κ3) is 5.31. The van der Waals surface area contributed by atoms with Crippen LogP contribution in [0.2, 0.25) is 0 Å². The molecule has 0 bridgehead atoms. The van der Waals surface area contributed by atoms with Gasteiger partial charge in [0.15, 0.2) is 9.84 Å². The quantitative estimate of drug-likeness (QED) is 0.777. The number of benzene rings is 1. The fraction of sp³-hybridized carbons (Fsp3) is 0.611. The molecule has 1 aliphatic rings. The van der Waals surface area contributed by atoms with E-state index in [0.717, 1.165) is 13.1 Å². The lowest BCUT2D eigenvalue weighted by atomic mass is 10.0. The number of hydrogen-bond acceptors (Lipinski definition) is 4. The van der Waals surface area contributed by atoms with Crippen LogP contribution in [0, 0.1) is 5.92 Å². The first-order valence-corrected chi connectivity index (χ1v) is 10.5. The van der Waals surface area contributed by atoms with Crippen molar-refractivity contribution in [1.82, 2.24) is 10.2 Å². The summed E-state index contributed by atoms with van der Waals surface area (Å²) in [5.41, 5.74) is 1.19. The molecule has 5 nitrogen and oxygen atoms in total. The lowest BCUT2D eigenvalue weighted by Crippen LogP contribution is -2.38. The average molecular weight is 353 g/mol. The van der Waals surface area contributed by atoms with Crippen molar-refractivity contribution in [3.8, 4) is 0 Å². The van der Waals surface area contributed by atoms with Gasteiger partial charge in [-0.1, -0.05) is 44.2 Å². The summed E-state index contributed by atoms with van der Waals surface area (Å²) in [7, 11) is -2.92. The van der Waals surface area contributed by atoms with Crippen molar-refractivity contribution in [1.29, 1.82) is 0 Å². The summed E-state index contributed by atoms with van der Waals surface area (Å²) in [6, 6.07) is 10.3. The van der Waals surface area contributed by atoms with Gasteiger partial charge < -0.3 is 5.32 Å². The fourth-order valence-electron chi connectivity index (χ4n) is 3.38. The van der Waals surface area contributed by atoms with Crippen molar-refractivity contribution < 1.29 is 13.2 Å². The molecule has 1 saturated heterocycles. The lowest BCUT2D eigenvalue weighted by molar-refractivity contribution is -0.122. The molecule has 0 radical (unpaired) electrons. The zero-order chi connectivity index (χ0) is 17.6. The molecule has 0 aromatic heterocycles. The predicted molar refractivity (Wildman–Crippen MR) is 96.5 cm³/mol. The SMILES string of the molecule is CCN(CC)C(CNC(=O)CC1CCS(=O)(=O)C1)c1ccccc1. The smallest absolute Gasteiger partial charge is 0.220 e. The Bertz CT molecular complexity index is 627. The summed E-state index contributed by atoms with van der Waals surface area (Å²) < 4.78 is 23.0. The third-order valence-corrected chi connectivity index (χ3v) is 6.57. The molecule has 0 spiro atoms. The molecule has 1 heterocycles. The second-order valence-corrected chi connectivity index (χ2v) is 8.65. The molecule has 2 atom stereocenters. The van der Waals surface area contributed by atoms with Gasteiger partial charge in [-0.3, -0.25) is 9.69 Å². The van der Waals surface area contributed by atoms with Gasteiger partial charge in [0.25, 0.3) is 0 Å². The molecular formula is C18H28N2O3S. The molecule has 6 heteroatoms. The minimum Gasteiger partial charge on any atom is -0.354 e. The van der Waals surface area contributed by atoms with E-state index in [1.165, 1.54) is 5.56 Å². The van der Waals surface area contributed by atoms with Crippen molar-refractivity contribution in [3.63, 3.8) is 0 Å². The Balaban J connectivity index is 1.94.